The molecule has 74 valence electrons. The summed E-state index contributed by atoms with van der Waals surface area (Å²) >= 11 is 6.18. The molecule has 0 nitrogen and oxygen atoms in total. The molecule has 1 unspecified atom stereocenters. The van der Waals surface area contributed by atoms with E-state index in [1.807, 2.05) is 12.1 Å². The summed E-state index contributed by atoms with van der Waals surface area (Å²) in [4.78, 5) is 0. The molecule has 0 amide bonds. The van der Waals surface area contributed by atoms with Crippen molar-refractivity contribution >= 4 is 17.2 Å². The fraction of sp³-hybridized carbons (Fsp3) is 0.385. The van der Waals surface area contributed by atoms with E-state index in [1.54, 1.807) is 0 Å². The zero-order valence-electron chi connectivity index (χ0n) is 8.46. The lowest BCUT2D eigenvalue weighted by Crippen LogP contribution is -2.03. The molecule has 0 radical (unpaired) electrons. The van der Waals surface area contributed by atoms with Gasteiger partial charge in [-0.25, -0.2) is 0 Å². The quantitative estimate of drug-likeness (QED) is 0.633. The molecule has 0 heterocycles. The first-order chi connectivity index (χ1) is 6.79. The number of hydrogen-bond acceptors (Lipinski definition) is 0. The predicted octanol–water partition coefficient (Wildman–Crippen LogP) is 4.54. The normalized spacial score (nSPS) is 21.9. The first-order valence-corrected chi connectivity index (χ1v) is 5.62. The lowest BCUT2D eigenvalue weighted by atomic mass is 9.85. The Kier molecular flexibility index (Phi) is 2.93. The van der Waals surface area contributed by atoms with E-state index in [9.17, 15) is 0 Å². The second-order valence-corrected chi connectivity index (χ2v) is 4.38. The van der Waals surface area contributed by atoms with Gasteiger partial charge in [-0.15, -0.1) is 0 Å². The van der Waals surface area contributed by atoms with Gasteiger partial charge in [0.25, 0.3) is 0 Å². The highest BCUT2D eigenvalue weighted by Crippen LogP contribution is 2.35. The van der Waals surface area contributed by atoms with E-state index in [2.05, 4.69) is 25.1 Å². The largest absolute Gasteiger partial charge is 0.0837 e. The molecular weight excluding hydrogens is 192 g/mol. The Balaban J connectivity index is 2.39. The summed E-state index contributed by atoms with van der Waals surface area (Å²) in [5.74, 6) is 0.656. The third-order valence-electron chi connectivity index (χ3n) is 2.92. The highest BCUT2D eigenvalue weighted by atomic mass is 35.5. The van der Waals surface area contributed by atoms with Crippen molar-refractivity contribution in [2.45, 2.75) is 26.2 Å². The molecule has 0 saturated carbocycles. The van der Waals surface area contributed by atoms with Crippen molar-refractivity contribution in [3.05, 3.63) is 40.9 Å². The summed E-state index contributed by atoms with van der Waals surface area (Å²) in [5, 5.41) is 0.882. The van der Waals surface area contributed by atoms with Gasteiger partial charge in [-0.3, -0.25) is 0 Å². The Labute approximate surface area is 90.6 Å². The second-order valence-electron chi connectivity index (χ2n) is 3.97. The SMILES string of the molecule is CC1CCCC=C1c1ccccc1Cl. The molecule has 1 heteroatoms. The molecular formula is C13H15Cl. The zero-order chi connectivity index (χ0) is 9.97. The van der Waals surface area contributed by atoms with Crippen LogP contribution in [0.2, 0.25) is 5.02 Å². The average Bonchev–Trinajstić information content (AvgIpc) is 2.20. The minimum atomic E-state index is 0.656. The topological polar surface area (TPSA) is 0 Å². The molecule has 14 heavy (non-hydrogen) atoms. The monoisotopic (exact) mass is 206 g/mol. The second kappa shape index (κ2) is 4.18. The van der Waals surface area contributed by atoms with Crippen LogP contribution in [0.3, 0.4) is 0 Å². The van der Waals surface area contributed by atoms with Crippen molar-refractivity contribution in [2.24, 2.45) is 5.92 Å². The van der Waals surface area contributed by atoms with E-state index < -0.39 is 0 Å². The van der Waals surface area contributed by atoms with Gasteiger partial charge in [-0.05, 0) is 42.4 Å². The van der Waals surface area contributed by atoms with Gasteiger partial charge in [-0.2, -0.15) is 0 Å². The fourth-order valence-corrected chi connectivity index (χ4v) is 2.35. The summed E-state index contributed by atoms with van der Waals surface area (Å²) in [7, 11) is 0. The third kappa shape index (κ3) is 1.85. The standard InChI is InChI=1S/C13H15Cl/c1-10-6-2-3-7-11(10)12-8-4-5-9-13(12)14/h4-5,7-10H,2-3,6H2,1H3. The maximum Gasteiger partial charge on any atom is 0.0481 e. The number of benzene rings is 1. The summed E-state index contributed by atoms with van der Waals surface area (Å²) < 4.78 is 0. The van der Waals surface area contributed by atoms with E-state index in [1.165, 1.54) is 30.4 Å². The molecule has 0 spiro atoms. The van der Waals surface area contributed by atoms with Crippen LogP contribution in [0.15, 0.2) is 30.3 Å². The van der Waals surface area contributed by atoms with Crippen molar-refractivity contribution in [1.29, 1.82) is 0 Å². The molecule has 0 aliphatic heterocycles. The minimum absolute atomic E-state index is 0.656. The summed E-state index contributed by atoms with van der Waals surface area (Å²) in [6.07, 6.45) is 6.15. The first-order valence-electron chi connectivity index (χ1n) is 5.24. The number of rotatable bonds is 1. The molecule has 0 aromatic heterocycles. The summed E-state index contributed by atoms with van der Waals surface area (Å²) in [6.45, 7) is 2.29. The first kappa shape index (κ1) is 9.79. The zero-order valence-corrected chi connectivity index (χ0v) is 9.22. The van der Waals surface area contributed by atoms with Crippen molar-refractivity contribution in [3.8, 4) is 0 Å². The van der Waals surface area contributed by atoms with Crippen molar-refractivity contribution in [2.75, 3.05) is 0 Å². The van der Waals surface area contributed by atoms with E-state index >= 15 is 0 Å². The van der Waals surface area contributed by atoms with E-state index in [0.717, 1.165) is 5.02 Å². The van der Waals surface area contributed by atoms with Crippen LogP contribution in [0.4, 0.5) is 0 Å². The number of halogens is 1. The molecule has 2 rings (SSSR count). The molecule has 0 saturated heterocycles. The van der Waals surface area contributed by atoms with Crippen LogP contribution >= 0.6 is 11.6 Å². The minimum Gasteiger partial charge on any atom is -0.0837 e. The highest BCUT2D eigenvalue weighted by molar-refractivity contribution is 6.32. The Morgan fingerprint density at radius 1 is 1.29 bits per heavy atom. The van der Waals surface area contributed by atoms with Crippen LogP contribution in [0.5, 0.6) is 0 Å². The van der Waals surface area contributed by atoms with Gasteiger partial charge in [0.1, 0.15) is 0 Å². The van der Waals surface area contributed by atoms with Crippen LogP contribution in [0.25, 0.3) is 5.57 Å². The molecule has 0 bridgehead atoms. The number of allylic oxidation sites excluding steroid dienone is 2. The van der Waals surface area contributed by atoms with E-state index in [4.69, 9.17) is 11.6 Å². The van der Waals surface area contributed by atoms with Gasteiger partial charge >= 0.3 is 0 Å². The van der Waals surface area contributed by atoms with Crippen molar-refractivity contribution in [3.63, 3.8) is 0 Å². The number of hydrogen-bond donors (Lipinski definition) is 0. The van der Waals surface area contributed by atoms with Crippen LogP contribution in [-0.2, 0) is 0 Å². The summed E-state index contributed by atoms with van der Waals surface area (Å²) in [6, 6.07) is 8.14. The Hall–Kier alpha value is -0.750. The van der Waals surface area contributed by atoms with Crippen LogP contribution in [0.1, 0.15) is 31.7 Å². The Morgan fingerprint density at radius 3 is 2.79 bits per heavy atom. The predicted molar refractivity (Wildman–Crippen MR) is 62.4 cm³/mol. The Morgan fingerprint density at radius 2 is 2.07 bits per heavy atom. The Bertz CT molecular complexity index is 352. The molecule has 1 atom stereocenters. The van der Waals surface area contributed by atoms with Gasteiger partial charge in [0.15, 0.2) is 0 Å². The highest BCUT2D eigenvalue weighted by Gasteiger charge is 2.15. The lowest BCUT2D eigenvalue weighted by molar-refractivity contribution is 0.601. The molecule has 1 aromatic carbocycles. The molecule has 1 aliphatic carbocycles. The maximum atomic E-state index is 6.18. The third-order valence-corrected chi connectivity index (χ3v) is 3.25. The van der Waals surface area contributed by atoms with Gasteiger partial charge < -0.3 is 0 Å². The maximum absolute atomic E-state index is 6.18. The van der Waals surface area contributed by atoms with E-state index in [-0.39, 0.29) is 0 Å². The van der Waals surface area contributed by atoms with Crippen molar-refractivity contribution < 1.29 is 0 Å². The molecule has 0 N–H and O–H groups in total. The smallest absolute Gasteiger partial charge is 0.0481 e. The van der Waals surface area contributed by atoms with Crippen LogP contribution in [0, 0.1) is 5.92 Å². The summed E-state index contributed by atoms with van der Waals surface area (Å²) in [5.41, 5.74) is 2.66. The van der Waals surface area contributed by atoms with Crippen LogP contribution in [-0.4, -0.2) is 0 Å². The molecule has 1 aromatic rings. The van der Waals surface area contributed by atoms with Gasteiger partial charge in [0, 0.05) is 5.02 Å². The van der Waals surface area contributed by atoms with Gasteiger partial charge in [0.05, 0.1) is 0 Å². The van der Waals surface area contributed by atoms with Gasteiger partial charge in [-0.1, -0.05) is 42.8 Å². The van der Waals surface area contributed by atoms with E-state index in [0.29, 0.717) is 5.92 Å². The van der Waals surface area contributed by atoms with Crippen molar-refractivity contribution in [1.82, 2.24) is 0 Å². The fourth-order valence-electron chi connectivity index (χ4n) is 2.11. The lowest BCUT2D eigenvalue weighted by Gasteiger charge is -2.21. The molecule has 1 aliphatic rings. The van der Waals surface area contributed by atoms with Gasteiger partial charge in [0.2, 0.25) is 0 Å². The van der Waals surface area contributed by atoms with Crippen LogP contribution < -0.4 is 0 Å². The molecule has 0 fully saturated rings. The average molecular weight is 207 g/mol.